The van der Waals surface area contributed by atoms with Crippen LogP contribution in [0.3, 0.4) is 0 Å². The van der Waals surface area contributed by atoms with Gasteiger partial charge in [0.05, 0.1) is 7.11 Å². The Balaban J connectivity index is 1.46. The van der Waals surface area contributed by atoms with Crippen molar-refractivity contribution in [2.45, 2.75) is 36.1 Å². The Morgan fingerprint density at radius 1 is 0.879 bits per heavy atom. The largest absolute Gasteiger partial charge is 0.468 e. The highest BCUT2D eigenvalue weighted by Crippen LogP contribution is 2.73. The zero-order chi connectivity index (χ0) is 22.4. The molecule has 5 aliphatic rings. The van der Waals surface area contributed by atoms with Crippen molar-refractivity contribution in [2.24, 2.45) is 5.41 Å². The van der Waals surface area contributed by atoms with Crippen LogP contribution < -0.4 is 0 Å². The molecule has 33 heavy (non-hydrogen) atoms. The summed E-state index contributed by atoms with van der Waals surface area (Å²) in [7, 11) is 1.40. The van der Waals surface area contributed by atoms with E-state index in [0.29, 0.717) is 6.42 Å². The number of benzene rings is 3. The summed E-state index contributed by atoms with van der Waals surface area (Å²) in [5, 5.41) is 0. The number of esters is 2. The van der Waals surface area contributed by atoms with Crippen LogP contribution in [-0.4, -0.2) is 30.8 Å². The molecule has 0 radical (unpaired) electrons. The monoisotopic (exact) mass is 438 g/mol. The molecule has 2 heterocycles. The van der Waals surface area contributed by atoms with Crippen LogP contribution in [0.15, 0.2) is 78.9 Å². The normalized spacial score (nSPS) is 34.6. The molecule has 164 valence electrons. The molecule has 5 nitrogen and oxygen atoms in total. The van der Waals surface area contributed by atoms with Gasteiger partial charge in [-0.2, -0.15) is 0 Å². The van der Waals surface area contributed by atoms with E-state index in [4.69, 9.17) is 14.2 Å². The fourth-order valence-corrected chi connectivity index (χ4v) is 6.91. The highest BCUT2D eigenvalue weighted by atomic mass is 16.7. The van der Waals surface area contributed by atoms with Crippen LogP contribution >= 0.6 is 0 Å². The molecule has 0 spiro atoms. The van der Waals surface area contributed by atoms with E-state index >= 15 is 0 Å². The van der Waals surface area contributed by atoms with Gasteiger partial charge in [0.15, 0.2) is 6.10 Å². The lowest BCUT2D eigenvalue weighted by atomic mass is 9.47. The van der Waals surface area contributed by atoms with Crippen LogP contribution in [0.4, 0.5) is 0 Å². The summed E-state index contributed by atoms with van der Waals surface area (Å²) >= 11 is 0. The Bertz CT molecular complexity index is 1270. The van der Waals surface area contributed by atoms with Gasteiger partial charge in [0.25, 0.3) is 0 Å². The summed E-state index contributed by atoms with van der Waals surface area (Å²) in [6.45, 7) is 0. The van der Waals surface area contributed by atoms with Crippen molar-refractivity contribution in [3.63, 3.8) is 0 Å². The number of carbonyl (C=O) groups is 2. The first-order valence-electron chi connectivity index (χ1n) is 11.3. The van der Waals surface area contributed by atoms with Crippen LogP contribution in [-0.2, 0) is 23.8 Å². The van der Waals surface area contributed by atoms with Gasteiger partial charge in [-0.25, -0.2) is 4.79 Å². The minimum atomic E-state index is -1.36. The summed E-state index contributed by atoms with van der Waals surface area (Å²) in [6.07, 6.45) is -0.609. The van der Waals surface area contributed by atoms with Crippen molar-refractivity contribution in [3.8, 4) is 0 Å². The lowest BCUT2D eigenvalue weighted by molar-refractivity contribution is -0.174. The molecule has 2 saturated heterocycles. The maximum absolute atomic E-state index is 13.8. The maximum atomic E-state index is 13.8. The summed E-state index contributed by atoms with van der Waals surface area (Å²) in [5.41, 5.74) is 2.87. The molecule has 2 aliphatic heterocycles. The van der Waals surface area contributed by atoms with Crippen molar-refractivity contribution < 1.29 is 23.8 Å². The first-order chi connectivity index (χ1) is 16.1. The van der Waals surface area contributed by atoms with Gasteiger partial charge in [-0.1, -0.05) is 78.9 Å². The standard InChI is InChI=1S/C28H22O5/c1-31-25(29)27(28-24(33-28)23(32-26(28)30)16-9-3-2-4-10-16)15-21-17-11-5-7-13-19(17)22(27)20-14-8-6-12-18(20)21/h2-14,21-24H,15H2,1H3/t21?,22?,23-,24+,27-,28+/m0/s1. The molecule has 5 heteroatoms. The lowest BCUT2D eigenvalue weighted by Crippen LogP contribution is -2.58. The summed E-state index contributed by atoms with van der Waals surface area (Å²) in [4.78, 5) is 27.4. The average Bonchev–Trinajstić information content (AvgIpc) is 3.57. The number of hydrogen-bond donors (Lipinski definition) is 0. The van der Waals surface area contributed by atoms with Crippen molar-refractivity contribution in [3.05, 3.63) is 107 Å². The fraction of sp³-hybridized carbons (Fsp3) is 0.286. The smallest absolute Gasteiger partial charge is 0.343 e. The number of methoxy groups -OCH3 is 1. The molecule has 0 saturated carbocycles. The Hall–Kier alpha value is -3.44. The van der Waals surface area contributed by atoms with Gasteiger partial charge in [0.1, 0.15) is 11.5 Å². The molecule has 3 aromatic carbocycles. The summed E-state index contributed by atoms with van der Waals surface area (Å²) in [5.74, 6) is -1.25. The highest BCUT2D eigenvalue weighted by molar-refractivity contribution is 5.98. The van der Waals surface area contributed by atoms with Gasteiger partial charge in [-0.15, -0.1) is 0 Å². The molecule has 0 N–H and O–H groups in total. The van der Waals surface area contributed by atoms with E-state index in [1.165, 1.54) is 18.2 Å². The molecule has 0 aromatic heterocycles. The molecular weight excluding hydrogens is 416 g/mol. The number of ether oxygens (including phenoxy) is 3. The predicted molar refractivity (Wildman–Crippen MR) is 119 cm³/mol. The lowest BCUT2D eigenvalue weighted by Gasteiger charge is -2.52. The van der Waals surface area contributed by atoms with E-state index in [0.717, 1.165) is 16.7 Å². The van der Waals surface area contributed by atoms with Crippen LogP contribution in [0.2, 0.25) is 0 Å². The van der Waals surface area contributed by atoms with Crippen molar-refractivity contribution >= 4 is 11.9 Å². The second-order valence-corrected chi connectivity index (χ2v) is 9.42. The molecule has 0 amide bonds. The molecule has 2 bridgehead atoms. The highest BCUT2D eigenvalue weighted by Gasteiger charge is 2.86. The molecule has 3 aromatic rings. The first-order valence-corrected chi connectivity index (χ1v) is 11.3. The molecule has 8 rings (SSSR count). The molecule has 3 aliphatic carbocycles. The molecular formula is C28H22O5. The van der Waals surface area contributed by atoms with Gasteiger partial charge < -0.3 is 14.2 Å². The Morgan fingerprint density at radius 2 is 1.45 bits per heavy atom. The van der Waals surface area contributed by atoms with Crippen LogP contribution in [0.25, 0.3) is 0 Å². The number of epoxide rings is 1. The van der Waals surface area contributed by atoms with Crippen molar-refractivity contribution in [2.75, 3.05) is 7.11 Å². The van der Waals surface area contributed by atoms with Crippen molar-refractivity contribution in [1.82, 2.24) is 0 Å². The molecule has 2 fully saturated rings. The zero-order valence-electron chi connectivity index (χ0n) is 18.1. The van der Waals surface area contributed by atoms with Crippen LogP contribution in [0.5, 0.6) is 0 Å². The van der Waals surface area contributed by atoms with E-state index in [2.05, 4.69) is 24.3 Å². The minimum Gasteiger partial charge on any atom is -0.468 e. The number of carbonyl (C=O) groups excluding carboxylic acids is 2. The maximum Gasteiger partial charge on any atom is 0.343 e. The van der Waals surface area contributed by atoms with Crippen LogP contribution in [0, 0.1) is 5.41 Å². The van der Waals surface area contributed by atoms with Gasteiger partial charge in [0, 0.05) is 11.8 Å². The summed E-state index contributed by atoms with van der Waals surface area (Å²) < 4.78 is 17.6. The van der Waals surface area contributed by atoms with E-state index in [9.17, 15) is 9.59 Å². The Morgan fingerprint density at radius 3 is 2.03 bits per heavy atom. The SMILES string of the molecule is COC(=O)[C@]1([C@@]23O[C@@H]2[C@H](c2ccccc2)OC3=O)CC2c3ccccc3C1c1ccccc12. The van der Waals surface area contributed by atoms with E-state index in [1.807, 2.05) is 54.6 Å². The molecule has 4 atom stereocenters. The Kier molecular flexibility index (Phi) is 3.66. The van der Waals surface area contributed by atoms with Gasteiger partial charge in [0.2, 0.25) is 5.60 Å². The zero-order valence-corrected chi connectivity index (χ0v) is 18.1. The third kappa shape index (κ3) is 2.12. The number of rotatable bonds is 3. The number of fused-ring (bicyclic) bond motifs is 3. The number of cyclic esters (lactones) is 1. The average molecular weight is 438 g/mol. The van der Waals surface area contributed by atoms with Gasteiger partial charge in [-0.3, -0.25) is 4.79 Å². The number of hydrogen-bond acceptors (Lipinski definition) is 5. The Labute approximate surface area is 191 Å². The van der Waals surface area contributed by atoms with E-state index in [1.54, 1.807) is 0 Å². The van der Waals surface area contributed by atoms with E-state index in [-0.39, 0.29) is 11.8 Å². The molecule has 0 unspecified atom stereocenters. The van der Waals surface area contributed by atoms with Crippen molar-refractivity contribution in [1.29, 1.82) is 0 Å². The first kappa shape index (κ1) is 19.1. The fourth-order valence-electron chi connectivity index (χ4n) is 6.91. The minimum absolute atomic E-state index is 0.0238. The van der Waals surface area contributed by atoms with Crippen LogP contribution in [0.1, 0.15) is 52.2 Å². The quantitative estimate of drug-likeness (QED) is 0.452. The second kappa shape index (κ2) is 6.33. The summed E-state index contributed by atoms with van der Waals surface area (Å²) in [6, 6.07) is 26.1. The van der Waals surface area contributed by atoms with E-state index < -0.39 is 35.2 Å². The third-order valence-electron chi connectivity index (χ3n) is 8.19. The third-order valence-corrected chi connectivity index (χ3v) is 8.19. The predicted octanol–water partition coefficient (Wildman–Crippen LogP) is 4.26. The topological polar surface area (TPSA) is 65.1 Å². The van der Waals surface area contributed by atoms with Gasteiger partial charge >= 0.3 is 11.9 Å². The van der Waals surface area contributed by atoms with Gasteiger partial charge in [-0.05, 0) is 34.2 Å². The second-order valence-electron chi connectivity index (χ2n) is 9.42.